The molecule has 0 bridgehead atoms. The summed E-state index contributed by atoms with van der Waals surface area (Å²) in [4.78, 5) is 26.3. The van der Waals surface area contributed by atoms with Crippen molar-refractivity contribution in [3.05, 3.63) is 35.4 Å². The molecular weight excluding hydrogens is 396 g/mol. The number of morpholine rings is 1. The molecule has 0 atom stereocenters. The lowest BCUT2D eigenvalue weighted by Gasteiger charge is -2.31. The summed E-state index contributed by atoms with van der Waals surface area (Å²) in [5.74, 6) is -0.529. The van der Waals surface area contributed by atoms with Crippen LogP contribution in [0.1, 0.15) is 35.7 Å². The molecule has 0 saturated carbocycles. The van der Waals surface area contributed by atoms with E-state index in [-0.39, 0.29) is 23.5 Å². The van der Waals surface area contributed by atoms with Gasteiger partial charge in [0.05, 0.1) is 31.5 Å². The van der Waals surface area contributed by atoms with Gasteiger partial charge < -0.3 is 14.4 Å². The molecule has 3 rings (SSSR count). The molecule has 29 heavy (non-hydrogen) atoms. The largest absolute Gasteiger partial charge is 0.466 e. The zero-order chi connectivity index (χ0) is 20.9. The van der Waals surface area contributed by atoms with Crippen LogP contribution in [0.5, 0.6) is 0 Å². The van der Waals surface area contributed by atoms with Crippen LogP contribution in [0.3, 0.4) is 0 Å². The molecule has 2 fully saturated rings. The van der Waals surface area contributed by atoms with Gasteiger partial charge in [-0.15, -0.1) is 0 Å². The fraction of sp³-hybridized carbons (Fsp3) is 0.600. The van der Waals surface area contributed by atoms with Crippen molar-refractivity contribution in [3.8, 4) is 0 Å². The van der Waals surface area contributed by atoms with Crippen molar-refractivity contribution in [2.75, 3.05) is 46.0 Å². The Morgan fingerprint density at radius 2 is 1.69 bits per heavy atom. The number of piperidine rings is 1. The average molecular weight is 425 g/mol. The number of amides is 1. The first kappa shape index (κ1) is 21.7. The summed E-state index contributed by atoms with van der Waals surface area (Å²) in [5.41, 5.74) is 1.17. The summed E-state index contributed by atoms with van der Waals surface area (Å²) in [6.07, 6.45) is 1.20. The molecular formula is C20H28N2O6S. The molecule has 0 N–H and O–H groups in total. The fourth-order valence-corrected chi connectivity index (χ4v) is 5.13. The number of benzene rings is 1. The number of carbonyl (C=O) groups is 2. The average Bonchev–Trinajstić information content (AvgIpc) is 2.74. The van der Waals surface area contributed by atoms with Crippen molar-refractivity contribution in [1.82, 2.24) is 9.21 Å². The molecule has 9 heteroatoms. The molecule has 0 radical (unpaired) electrons. The number of hydrogen-bond donors (Lipinski definition) is 0. The van der Waals surface area contributed by atoms with Crippen molar-refractivity contribution in [1.29, 1.82) is 0 Å². The van der Waals surface area contributed by atoms with Crippen LogP contribution in [0.2, 0.25) is 0 Å². The third-order valence-corrected chi connectivity index (χ3v) is 7.17. The highest BCUT2D eigenvalue weighted by molar-refractivity contribution is 7.88. The second kappa shape index (κ2) is 9.69. The van der Waals surface area contributed by atoms with E-state index >= 15 is 0 Å². The number of likely N-dealkylation sites (tertiary alicyclic amines) is 1. The fourth-order valence-electron chi connectivity index (χ4n) is 3.63. The van der Waals surface area contributed by atoms with Crippen LogP contribution in [-0.2, 0) is 30.0 Å². The smallest absolute Gasteiger partial charge is 0.309 e. The Kier molecular flexibility index (Phi) is 7.26. The molecule has 0 unspecified atom stereocenters. The van der Waals surface area contributed by atoms with Gasteiger partial charge in [-0.2, -0.15) is 4.31 Å². The molecule has 160 valence electrons. The Morgan fingerprint density at radius 1 is 1.07 bits per heavy atom. The highest BCUT2D eigenvalue weighted by atomic mass is 32.2. The first-order valence-corrected chi connectivity index (χ1v) is 11.6. The maximum absolute atomic E-state index is 12.7. The minimum atomic E-state index is -3.39. The number of hydrogen-bond acceptors (Lipinski definition) is 6. The summed E-state index contributed by atoms with van der Waals surface area (Å²) in [5, 5.41) is 0. The van der Waals surface area contributed by atoms with E-state index in [2.05, 4.69) is 0 Å². The topological polar surface area (TPSA) is 93.2 Å². The Hall–Kier alpha value is -1.97. The zero-order valence-electron chi connectivity index (χ0n) is 16.7. The normalized spacial score (nSPS) is 19.1. The van der Waals surface area contributed by atoms with E-state index in [4.69, 9.17) is 9.47 Å². The maximum Gasteiger partial charge on any atom is 0.309 e. The lowest BCUT2D eigenvalue weighted by Crippen LogP contribution is -2.41. The SMILES string of the molecule is CCOC(=O)C1CCN(C(=O)c2ccc(CS(=O)(=O)N3CCOCC3)cc2)CC1. The molecule has 2 saturated heterocycles. The monoisotopic (exact) mass is 424 g/mol. The highest BCUT2D eigenvalue weighted by Crippen LogP contribution is 2.21. The van der Waals surface area contributed by atoms with Crippen LogP contribution in [0.4, 0.5) is 0 Å². The number of esters is 1. The molecule has 0 aromatic heterocycles. The standard InChI is InChI=1S/C20H28N2O6S/c1-2-28-20(24)18-7-9-21(10-8-18)19(23)17-5-3-16(4-6-17)15-29(25,26)22-11-13-27-14-12-22/h3-6,18H,2,7-15H2,1H3. The Morgan fingerprint density at radius 3 is 2.28 bits per heavy atom. The van der Waals surface area contributed by atoms with Crippen molar-refractivity contribution in [3.63, 3.8) is 0 Å². The molecule has 8 nitrogen and oxygen atoms in total. The Balaban J connectivity index is 1.56. The molecule has 0 aliphatic carbocycles. The van der Waals surface area contributed by atoms with Gasteiger partial charge in [-0.3, -0.25) is 9.59 Å². The van der Waals surface area contributed by atoms with Crippen LogP contribution < -0.4 is 0 Å². The molecule has 1 aromatic carbocycles. The number of nitrogens with zero attached hydrogens (tertiary/aromatic N) is 2. The van der Waals surface area contributed by atoms with Gasteiger partial charge in [-0.25, -0.2) is 8.42 Å². The van der Waals surface area contributed by atoms with Crippen LogP contribution in [-0.4, -0.2) is 75.5 Å². The van der Waals surface area contributed by atoms with Crippen LogP contribution in [0, 0.1) is 5.92 Å². The second-order valence-corrected chi connectivity index (χ2v) is 9.25. The van der Waals surface area contributed by atoms with Gasteiger partial charge in [-0.05, 0) is 37.5 Å². The number of carbonyl (C=O) groups excluding carboxylic acids is 2. The van der Waals surface area contributed by atoms with Gasteiger partial charge in [-0.1, -0.05) is 12.1 Å². The van der Waals surface area contributed by atoms with E-state index in [1.165, 1.54) is 4.31 Å². The molecule has 0 spiro atoms. The van der Waals surface area contributed by atoms with Gasteiger partial charge in [0.25, 0.3) is 5.91 Å². The number of ether oxygens (including phenoxy) is 2. The van der Waals surface area contributed by atoms with Crippen molar-refractivity contribution >= 4 is 21.9 Å². The van der Waals surface area contributed by atoms with Crippen molar-refractivity contribution < 1.29 is 27.5 Å². The second-order valence-electron chi connectivity index (χ2n) is 7.28. The van der Waals surface area contributed by atoms with E-state index in [0.29, 0.717) is 70.0 Å². The van der Waals surface area contributed by atoms with Gasteiger partial charge in [0, 0.05) is 31.7 Å². The van der Waals surface area contributed by atoms with Crippen molar-refractivity contribution in [2.24, 2.45) is 5.92 Å². The Bertz CT molecular complexity index is 810. The van der Waals surface area contributed by atoms with E-state index in [0.717, 1.165) is 0 Å². The van der Waals surface area contributed by atoms with Gasteiger partial charge in [0.15, 0.2) is 0 Å². The summed E-state index contributed by atoms with van der Waals surface area (Å²) in [6, 6.07) is 6.72. The summed E-state index contributed by atoms with van der Waals surface area (Å²) in [6.45, 7) is 4.75. The molecule has 2 heterocycles. The summed E-state index contributed by atoms with van der Waals surface area (Å²) in [7, 11) is -3.39. The van der Waals surface area contributed by atoms with Crippen LogP contribution in [0.25, 0.3) is 0 Å². The third-order valence-electron chi connectivity index (χ3n) is 5.32. The minimum absolute atomic E-state index is 0.0909. The van der Waals surface area contributed by atoms with E-state index in [9.17, 15) is 18.0 Å². The third kappa shape index (κ3) is 5.55. The first-order valence-electron chi connectivity index (χ1n) is 10.0. The molecule has 2 aliphatic rings. The zero-order valence-corrected chi connectivity index (χ0v) is 17.5. The lowest BCUT2D eigenvalue weighted by molar-refractivity contribution is -0.149. The van der Waals surface area contributed by atoms with Crippen molar-refractivity contribution in [2.45, 2.75) is 25.5 Å². The molecule has 1 amide bonds. The summed E-state index contributed by atoms with van der Waals surface area (Å²) >= 11 is 0. The summed E-state index contributed by atoms with van der Waals surface area (Å²) < 4.78 is 36.7. The molecule has 2 aliphatic heterocycles. The highest BCUT2D eigenvalue weighted by Gasteiger charge is 2.29. The van der Waals surface area contributed by atoms with E-state index in [1.54, 1.807) is 36.1 Å². The predicted octanol–water partition coefficient (Wildman–Crippen LogP) is 1.26. The maximum atomic E-state index is 12.7. The Labute approximate surface area is 171 Å². The van der Waals surface area contributed by atoms with E-state index in [1.807, 2.05) is 0 Å². The number of sulfonamides is 1. The van der Waals surface area contributed by atoms with E-state index < -0.39 is 10.0 Å². The quantitative estimate of drug-likeness (QED) is 0.639. The lowest BCUT2D eigenvalue weighted by atomic mass is 9.96. The number of rotatable bonds is 6. The molecule has 1 aromatic rings. The first-order chi connectivity index (χ1) is 13.9. The predicted molar refractivity (Wildman–Crippen MR) is 107 cm³/mol. The van der Waals surface area contributed by atoms with Gasteiger partial charge in [0.1, 0.15) is 0 Å². The van der Waals surface area contributed by atoms with Crippen LogP contribution in [0.15, 0.2) is 24.3 Å². The van der Waals surface area contributed by atoms with Gasteiger partial charge >= 0.3 is 5.97 Å². The van der Waals surface area contributed by atoms with Gasteiger partial charge in [0.2, 0.25) is 10.0 Å². The van der Waals surface area contributed by atoms with Crippen LogP contribution >= 0.6 is 0 Å². The minimum Gasteiger partial charge on any atom is -0.466 e.